The van der Waals surface area contributed by atoms with E-state index < -0.39 is 0 Å². The smallest absolute Gasteiger partial charge is 0.118 e. The van der Waals surface area contributed by atoms with Gasteiger partial charge in [0.2, 0.25) is 0 Å². The predicted molar refractivity (Wildman–Crippen MR) is 49.7 cm³/mol. The first kappa shape index (κ1) is 8.53. The topological polar surface area (TPSA) is 30.5 Å². The van der Waals surface area contributed by atoms with Crippen molar-refractivity contribution in [3.63, 3.8) is 0 Å². The van der Waals surface area contributed by atoms with Crippen LogP contribution in [0.15, 0.2) is 24.3 Å². The minimum Gasteiger partial charge on any atom is -0.497 e. The molecule has 1 heterocycles. The van der Waals surface area contributed by atoms with Crippen molar-refractivity contribution in [3.05, 3.63) is 29.8 Å². The van der Waals surface area contributed by atoms with E-state index in [4.69, 9.17) is 9.47 Å². The molecular weight excluding hydrogens is 166 g/mol. The third-order valence-electron chi connectivity index (χ3n) is 2.23. The first-order valence-corrected chi connectivity index (χ1v) is 4.35. The summed E-state index contributed by atoms with van der Waals surface area (Å²) in [4.78, 5) is 0. The van der Waals surface area contributed by atoms with Crippen LogP contribution in [-0.4, -0.2) is 20.4 Å². The lowest BCUT2D eigenvalue weighted by Crippen LogP contribution is -2.14. The van der Waals surface area contributed by atoms with E-state index in [1.54, 1.807) is 7.11 Å². The van der Waals surface area contributed by atoms with E-state index in [0.717, 1.165) is 12.4 Å². The van der Waals surface area contributed by atoms with Crippen LogP contribution in [0.2, 0.25) is 0 Å². The number of methoxy groups -OCH3 is 1. The van der Waals surface area contributed by atoms with Gasteiger partial charge in [-0.15, -0.1) is 0 Å². The molecule has 0 amide bonds. The molecular formula is C10H13NO2. The van der Waals surface area contributed by atoms with Crippen molar-refractivity contribution >= 4 is 0 Å². The van der Waals surface area contributed by atoms with E-state index in [1.165, 1.54) is 5.56 Å². The Morgan fingerprint density at radius 1 is 1.38 bits per heavy atom. The number of ether oxygens (including phenoxy) is 2. The highest BCUT2D eigenvalue weighted by atomic mass is 16.5. The van der Waals surface area contributed by atoms with Gasteiger partial charge in [-0.2, -0.15) is 0 Å². The zero-order valence-corrected chi connectivity index (χ0v) is 7.62. The van der Waals surface area contributed by atoms with Gasteiger partial charge in [-0.3, -0.25) is 5.32 Å². The molecule has 1 atom stereocenters. The maximum Gasteiger partial charge on any atom is 0.118 e. The molecule has 1 unspecified atom stereocenters. The van der Waals surface area contributed by atoms with Gasteiger partial charge < -0.3 is 9.47 Å². The van der Waals surface area contributed by atoms with Crippen molar-refractivity contribution in [1.29, 1.82) is 0 Å². The molecule has 0 aliphatic carbocycles. The molecule has 0 aromatic heterocycles. The van der Waals surface area contributed by atoms with Gasteiger partial charge >= 0.3 is 0 Å². The van der Waals surface area contributed by atoms with Gasteiger partial charge in [0, 0.05) is 0 Å². The molecule has 1 aliphatic heterocycles. The quantitative estimate of drug-likeness (QED) is 0.742. The van der Waals surface area contributed by atoms with Crippen molar-refractivity contribution in [2.75, 3.05) is 20.4 Å². The molecule has 3 heteroatoms. The zero-order valence-electron chi connectivity index (χ0n) is 7.62. The Hall–Kier alpha value is -1.06. The molecule has 1 aromatic carbocycles. The molecule has 0 spiro atoms. The summed E-state index contributed by atoms with van der Waals surface area (Å²) in [5.41, 5.74) is 1.25. The average Bonchev–Trinajstić information content (AvgIpc) is 2.71. The Morgan fingerprint density at radius 2 is 2.15 bits per heavy atom. The van der Waals surface area contributed by atoms with Crippen LogP contribution in [0.1, 0.15) is 11.6 Å². The lowest BCUT2D eigenvalue weighted by atomic mass is 10.1. The predicted octanol–water partition coefficient (Wildman–Crippen LogP) is 1.31. The van der Waals surface area contributed by atoms with Gasteiger partial charge in [-0.1, -0.05) is 12.1 Å². The van der Waals surface area contributed by atoms with E-state index in [9.17, 15) is 0 Å². The number of rotatable bonds is 2. The highest BCUT2D eigenvalue weighted by Crippen LogP contribution is 2.19. The van der Waals surface area contributed by atoms with Crippen molar-refractivity contribution in [2.24, 2.45) is 0 Å². The van der Waals surface area contributed by atoms with Gasteiger partial charge in [-0.25, -0.2) is 0 Å². The molecule has 2 rings (SSSR count). The van der Waals surface area contributed by atoms with Crippen LogP contribution < -0.4 is 10.1 Å². The van der Waals surface area contributed by atoms with E-state index in [2.05, 4.69) is 17.4 Å². The highest BCUT2D eigenvalue weighted by Gasteiger charge is 2.15. The number of benzene rings is 1. The van der Waals surface area contributed by atoms with Crippen LogP contribution in [0.3, 0.4) is 0 Å². The fourth-order valence-electron chi connectivity index (χ4n) is 1.45. The molecule has 1 fully saturated rings. The average molecular weight is 179 g/mol. The fourth-order valence-corrected chi connectivity index (χ4v) is 1.45. The van der Waals surface area contributed by atoms with Crippen LogP contribution in [-0.2, 0) is 4.74 Å². The third-order valence-corrected chi connectivity index (χ3v) is 2.23. The molecule has 0 radical (unpaired) electrons. The van der Waals surface area contributed by atoms with Crippen LogP contribution in [0.25, 0.3) is 0 Å². The monoisotopic (exact) mass is 179 g/mol. The van der Waals surface area contributed by atoms with Gasteiger partial charge in [0.1, 0.15) is 5.75 Å². The van der Waals surface area contributed by atoms with Gasteiger partial charge in [0.25, 0.3) is 0 Å². The van der Waals surface area contributed by atoms with E-state index in [0.29, 0.717) is 12.8 Å². The molecule has 0 bridgehead atoms. The normalized spacial score (nSPS) is 21.8. The van der Waals surface area contributed by atoms with Gasteiger partial charge in [0.05, 0.1) is 26.5 Å². The summed E-state index contributed by atoms with van der Waals surface area (Å²) in [7, 11) is 1.67. The second-order valence-corrected chi connectivity index (χ2v) is 3.04. The van der Waals surface area contributed by atoms with E-state index >= 15 is 0 Å². The molecule has 1 aromatic rings. The van der Waals surface area contributed by atoms with E-state index in [1.807, 2.05) is 12.1 Å². The van der Waals surface area contributed by atoms with Crippen molar-refractivity contribution in [1.82, 2.24) is 5.32 Å². The zero-order chi connectivity index (χ0) is 9.10. The standard InChI is InChI=1S/C10H13NO2/c1-12-9-4-2-8(3-5-9)10-6-13-7-11-10/h2-5,10-11H,6-7H2,1H3. The summed E-state index contributed by atoms with van der Waals surface area (Å²) in [5.74, 6) is 0.891. The molecule has 1 aliphatic rings. The van der Waals surface area contributed by atoms with E-state index in [-0.39, 0.29) is 0 Å². The fraction of sp³-hybridized carbons (Fsp3) is 0.400. The van der Waals surface area contributed by atoms with Crippen LogP contribution >= 0.6 is 0 Å². The number of nitrogens with one attached hydrogen (secondary N) is 1. The lowest BCUT2D eigenvalue weighted by molar-refractivity contribution is 0.189. The highest BCUT2D eigenvalue weighted by molar-refractivity contribution is 5.29. The van der Waals surface area contributed by atoms with Gasteiger partial charge in [0.15, 0.2) is 0 Å². The summed E-state index contributed by atoms with van der Waals surface area (Å²) < 4.78 is 10.3. The first-order chi connectivity index (χ1) is 6.40. The number of hydrogen-bond donors (Lipinski definition) is 1. The Bertz CT molecular complexity index is 265. The van der Waals surface area contributed by atoms with Crippen LogP contribution in [0.5, 0.6) is 5.75 Å². The molecule has 3 nitrogen and oxygen atoms in total. The molecule has 0 saturated carbocycles. The van der Waals surface area contributed by atoms with Crippen molar-refractivity contribution in [3.8, 4) is 5.75 Å². The first-order valence-electron chi connectivity index (χ1n) is 4.35. The summed E-state index contributed by atoms with van der Waals surface area (Å²) >= 11 is 0. The molecule has 1 saturated heterocycles. The minimum atomic E-state index is 0.339. The Kier molecular flexibility index (Phi) is 2.47. The summed E-state index contributed by atoms with van der Waals surface area (Å²) in [6.07, 6.45) is 0. The second kappa shape index (κ2) is 3.77. The van der Waals surface area contributed by atoms with Crippen molar-refractivity contribution in [2.45, 2.75) is 6.04 Å². The Balaban J connectivity index is 2.12. The second-order valence-electron chi connectivity index (χ2n) is 3.04. The molecule has 13 heavy (non-hydrogen) atoms. The maximum atomic E-state index is 5.23. The van der Waals surface area contributed by atoms with Crippen molar-refractivity contribution < 1.29 is 9.47 Å². The summed E-state index contributed by atoms with van der Waals surface area (Å²) in [5, 5.41) is 3.25. The number of hydrogen-bond acceptors (Lipinski definition) is 3. The largest absolute Gasteiger partial charge is 0.497 e. The maximum absolute atomic E-state index is 5.23. The molecule has 70 valence electrons. The summed E-state index contributed by atoms with van der Waals surface area (Å²) in [6.45, 7) is 1.41. The lowest BCUT2D eigenvalue weighted by Gasteiger charge is -2.08. The third kappa shape index (κ3) is 1.82. The van der Waals surface area contributed by atoms with Gasteiger partial charge in [-0.05, 0) is 17.7 Å². The Labute approximate surface area is 77.7 Å². The molecule has 1 N–H and O–H groups in total. The summed E-state index contributed by atoms with van der Waals surface area (Å²) in [6, 6.07) is 8.40. The van der Waals surface area contributed by atoms with Crippen LogP contribution in [0.4, 0.5) is 0 Å². The SMILES string of the molecule is COc1ccc(C2COCN2)cc1. The Morgan fingerprint density at radius 3 is 2.69 bits per heavy atom. The van der Waals surface area contributed by atoms with Crippen LogP contribution in [0, 0.1) is 0 Å². The minimum absolute atomic E-state index is 0.339.